The third-order valence-electron chi connectivity index (χ3n) is 4.38. The highest BCUT2D eigenvalue weighted by Crippen LogP contribution is 2.35. The van der Waals surface area contributed by atoms with Gasteiger partial charge in [0.25, 0.3) is 5.22 Å². The Bertz CT molecular complexity index is 900. The van der Waals surface area contributed by atoms with Crippen molar-refractivity contribution < 1.29 is 14.0 Å². The zero-order valence-corrected chi connectivity index (χ0v) is 15.9. The van der Waals surface area contributed by atoms with Crippen LogP contribution < -0.4 is 5.32 Å². The van der Waals surface area contributed by atoms with Gasteiger partial charge in [0.1, 0.15) is 5.69 Å². The first kappa shape index (κ1) is 18.3. The molecule has 1 N–H and O–H groups in total. The summed E-state index contributed by atoms with van der Waals surface area (Å²) < 4.78 is 6.06. The number of urea groups is 1. The Labute approximate surface area is 166 Å². The molecule has 1 fully saturated rings. The van der Waals surface area contributed by atoms with Crippen molar-refractivity contribution in [2.24, 2.45) is 0 Å². The zero-order chi connectivity index (χ0) is 19.3. The van der Waals surface area contributed by atoms with Crippen molar-refractivity contribution in [1.29, 1.82) is 0 Å². The number of thioether (sulfide) groups is 1. The molecule has 28 heavy (non-hydrogen) atoms. The fourth-order valence-corrected chi connectivity index (χ4v) is 3.75. The number of oxazole rings is 1. The SMILES string of the molecule is O=C1CNC(=O)N1CCCSc1nc(-c2ccccc2)c(-c2ccccc2)o1. The minimum atomic E-state index is -0.316. The maximum Gasteiger partial charge on any atom is 0.324 e. The number of rotatable bonds is 7. The van der Waals surface area contributed by atoms with Gasteiger partial charge in [-0.2, -0.15) is 0 Å². The lowest BCUT2D eigenvalue weighted by Crippen LogP contribution is -2.32. The van der Waals surface area contributed by atoms with E-state index < -0.39 is 0 Å². The molecule has 0 spiro atoms. The van der Waals surface area contributed by atoms with E-state index in [1.165, 1.54) is 16.7 Å². The highest BCUT2D eigenvalue weighted by atomic mass is 32.2. The molecule has 4 rings (SSSR count). The predicted octanol–water partition coefficient (Wildman–Crippen LogP) is 4.04. The highest BCUT2D eigenvalue weighted by molar-refractivity contribution is 7.99. The fourth-order valence-electron chi connectivity index (χ4n) is 3.00. The molecular weight excluding hydrogens is 374 g/mol. The fraction of sp³-hybridized carbons (Fsp3) is 0.190. The summed E-state index contributed by atoms with van der Waals surface area (Å²) in [6.45, 7) is 0.488. The van der Waals surface area contributed by atoms with Crippen LogP contribution in [0.25, 0.3) is 22.6 Å². The summed E-state index contributed by atoms with van der Waals surface area (Å²) >= 11 is 1.48. The van der Waals surface area contributed by atoms with E-state index in [2.05, 4.69) is 5.32 Å². The van der Waals surface area contributed by atoms with Gasteiger partial charge in [-0.25, -0.2) is 9.78 Å². The van der Waals surface area contributed by atoms with E-state index in [9.17, 15) is 9.59 Å². The van der Waals surface area contributed by atoms with Gasteiger partial charge in [-0.05, 0) is 6.42 Å². The van der Waals surface area contributed by atoms with Crippen LogP contribution in [0.1, 0.15) is 6.42 Å². The monoisotopic (exact) mass is 393 g/mol. The zero-order valence-electron chi connectivity index (χ0n) is 15.1. The van der Waals surface area contributed by atoms with Gasteiger partial charge in [-0.15, -0.1) is 0 Å². The molecule has 1 aromatic heterocycles. The van der Waals surface area contributed by atoms with Crippen molar-refractivity contribution in [3.05, 3.63) is 60.7 Å². The molecule has 0 bridgehead atoms. The molecule has 1 saturated heterocycles. The standard InChI is InChI=1S/C21H19N3O3S/c25-17-14-22-20(26)24(17)12-7-13-28-21-23-18(15-8-3-1-4-9-15)19(27-21)16-10-5-2-6-11-16/h1-6,8-11H,7,12-14H2,(H,22,26). The molecular formula is C21H19N3O3S. The van der Waals surface area contributed by atoms with Crippen LogP contribution in [0.5, 0.6) is 0 Å². The Balaban J connectivity index is 1.48. The van der Waals surface area contributed by atoms with Crippen LogP contribution in [0, 0.1) is 0 Å². The van der Waals surface area contributed by atoms with Crippen LogP contribution in [0.15, 0.2) is 70.3 Å². The number of benzene rings is 2. The summed E-state index contributed by atoms with van der Waals surface area (Å²) in [6.07, 6.45) is 0.674. The van der Waals surface area contributed by atoms with Crippen LogP contribution in [-0.2, 0) is 4.79 Å². The van der Waals surface area contributed by atoms with Crippen LogP contribution >= 0.6 is 11.8 Å². The summed E-state index contributed by atoms with van der Waals surface area (Å²) in [7, 11) is 0. The molecule has 0 atom stereocenters. The number of carbonyl (C=O) groups is 2. The van der Waals surface area contributed by atoms with Gasteiger partial charge in [-0.1, -0.05) is 72.4 Å². The van der Waals surface area contributed by atoms with E-state index in [0.717, 1.165) is 22.6 Å². The molecule has 6 nitrogen and oxygen atoms in total. The molecule has 142 valence electrons. The highest BCUT2D eigenvalue weighted by Gasteiger charge is 2.27. The molecule has 3 aromatic rings. The lowest BCUT2D eigenvalue weighted by Gasteiger charge is -2.10. The minimum Gasteiger partial charge on any atom is -0.431 e. The maximum absolute atomic E-state index is 11.6. The number of hydrogen-bond donors (Lipinski definition) is 1. The Hall–Kier alpha value is -3.06. The molecule has 0 radical (unpaired) electrons. The number of hydrogen-bond acceptors (Lipinski definition) is 5. The first-order valence-electron chi connectivity index (χ1n) is 9.05. The number of amides is 3. The quantitative estimate of drug-likeness (QED) is 0.372. The van der Waals surface area contributed by atoms with E-state index >= 15 is 0 Å². The molecule has 1 aliphatic heterocycles. The molecule has 7 heteroatoms. The van der Waals surface area contributed by atoms with Crippen LogP contribution in [0.4, 0.5) is 4.79 Å². The van der Waals surface area contributed by atoms with Gasteiger partial charge >= 0.3 is 6.03 Å². The number of nitrogens with one attached hydrogen (secondary N) is 1. The molecule has 2 aromatic carbocycles. The van der Waals surface area contributed by atoms with E-state index in [1.807, 2.05) is 60.7 Å². The van der Waals surface area contributed by atoms with E-state index in [4.69, 9.17) is 9.40 Å². The third-order valence-corrected chi connectivity index (χ3v) is 5.29. The van der Waals surface area contributed by atoms with Crippen molar-refractivity contribution in [1.82, 2.24) is 15.2 Å². The first-order valence-corrected chi connectivity index (χ1v) is 10.0. The van der Waals surface area contributed by atoms with Crippen molar-refractivity contribution in [3.8, 4) is 22.6 Å². The Kier molecular flexibility index (Phi) is 5.43. The van der Waals surface area contributed by atoms with Crippen LogP contribution in [0.3, 0.4) is 0 Å². The van der Waals surface area contributed by atoms with Gasteiger partial charge < -0.3 is 9.73 Å². The summed E-state index contributed by atoms with van der Waals surface area (Å²) in [5, 5.41) is 3.10. The van der Waals surface area contributed by atoms with E-state index in [1.54, 1.807) is 0 Å². The third kappa shape index (κ3) is 3.94. The molecule has 3 amide bonds. The van der Waals surface area contributed by atoms with Crippen molar-refractivity contribution in [2.75, 3.05) is 18.8 Å². The first-order chi connectivity index (χ1) is 13.7. The summed E-state index contributed by atoms with van der Waals surface area (Å²) in [6, 6.07) is 19.5. The van der Waals surface area contributed by atoms with Crippen LogP contribution in [-0.4, -0.2) is 40.7 Å². The number of carbonyl (C=O) groups excluding carboxylic acids is 2. The number of imide groups is 1. The van der Waals surface area contributed by atoms with Gasteiger partial charge in [0.15, 0.2) is 5.76 Å². The van der Waals surface area contributed by atoms with E-state index in [-0.39, 0.29) is 18.5 Å². The van der Waals surface area contributed by atoms with Crippen LogP contribution in [0.2, 0.25) is 0 Å². The second-order valence-electron chi connectivity index (χ2n) is 6.30. The number of nitrogens with zero attached hydrogens (tertiary/aromatic N) is 2. The summed E-state index contributed by atoms with van der Waals surface area (Å²) in [5.74, 6) is 1.26. The largest absolute Gasteiger partial charge is 0.431 e. The average Bonchev–Trinajstić information content (AvgIpc) is 3.30. The lowest BCUT2D eigenvalue weighted by molar-refractivity contribution is -0.124. The molecule has 2 heterocycles. The van der Waals surface area contributed by atoms with Crippen molar-refractivity contribution in [2.45, 2.75) is 11.6 Å². The van der Waals surface area contributed by atoms with Crippen molar-refractivity contribution in [3.63, 3.8) is 0 Å². The Morgan fingerprint density at radius 2 is 1.68 bits per heavy atom. The van der Waals surface area contributed by atoms with Gasteiger partial charge in [0.05, 0.1) is 6.54 Å². The Morgan fingerprint density at radius 1 is 1.00 bits per heavy atom. The second kappa shape index (κ2) is 8.31. The lowest BCUT2D eigenvalue weighted by atomic mass is 10.1. The smallest absolute Gasteiger partial charge is 0.324 e. The molecule has 0 unspecified atom stereocenters. The second-order valence-corrected chi connectivity index (χ2v) is 7.34. The van der Waals surface area contributed by atoms with Gasteiger partial charge in [0, 0.05) is 23.4 Å². The normalized spacial score (nSPS) is 13.8. The van der Waals surface area contributed by atoms with Crippen molar-refractivity contribution >= 4 is 23.7 Å². The molecule has 0 saturated carbocycles. The number of aromatic nitrogens is 1. The minimum absolute atomic E-state index is 0.0899. The maximum atomic E-state index is 11.6. The molecule has 1 aliphatic rings. The summed E-state index contributed by atoms with van der Waals surface area (Å²) in [5.41, 5.74) is 2.78. The summed E-state index contributed by atoms with van der Waals surface area (Å²) in [4.78, 5) is 29.1. The predicted molar refractivity (Wildman–Crippen MR) is 108 cm³/mol. The van der Waals surface area contributed by atoms with Gasteiger partial charge in [0.2, 0.25) is 5.91 Å². The Morgan fingerprint density at radius 3 is 2.32 bits per heavy atom. The topological polar surface area (TPSA) is 75.4 Å². The molecule has 0 aliphatic carbocycles. The average molecular weight is 393 g/mol. The van der Waals surface area contributed by atoms with Gasteiger partial charge in [-0.3, -0.25) is 9.69 Å². The van der Waals surface area contributed by atoms with E-state index in [0.29, 0.717) is 23.9 Å².